The second-order valence-corrected chi connectivity index (χ2v) is 10.6. The number of aromatic nitrogens is 1. The predicted octanol–water partition coefficient (Wildman–Crippen LogP) is 6.55. The molecule has 38 heavy (non-hydrogen) atoms. The minimum Gasteiger partial charge on any atom is -0.452 e. The molecular weight excluding hydrogens is 540 g/mol. The van der Waals surface area contributed by atoms with Crippen LogP contribution in [0.25, 0.3) is 0 Å². The average Bonchev–Trinajstić information content (AvgIpc) is 3.51. The van der Waals surface area contributed by atoms with E-state index < -0.39 is 0 Å². The monoisotopic (exact) mass is 564 g/mol. The maximum absolute atomic E-state index is 12.0. The SMILES string of the molecule is COCC(=O)Nc1ccc(N2C(=S)N[C@@H](c3ccccn3)[C@@H]2c2ccc(Sc3ccc(C)cc3)o2)cc1Cl. The summed E-state index contributed by atoms with van der Waals surface area (Å²) >= 11 is 13.9. The fraction of sp³-hybridized carbons (Fsp3) is 0.179. The van der Waals surface area contributed by atoms with E-state index in [1.807, 2.05) is 41.3 Å². The molecule has 2 aromatic heterocycles. The predicted molar refractivity (Wildman–Crippen MR) is 154 cm³/mol. The Hall–Kier alpha value is -3.37. The molecule has 1 fully saturated rings. The van der Waals surface area contributed by atoms with Gasteiger partial charge in [0.2, 0.25) is 5.91 Å². The van der Waals surface area contributed by atoms with E-state index in [1.165, 1.54) is 12.7 Å². The molecule has 1 aliphatic rings. The van der Waals surface area contributed by atoms with Crippen molar-refractivity contribution >= 4 is 58.0 Å². The Morgan fingerprint density at radius 2 is 2.00 bits per heavy atom. The van der Waals surface area contributed by atoms with E-state index in [2.05, 4.69) is 46.8 Å². The molecule has 0 aliphatic carbocycles. The second kappa shape index (κ2) is 11.6. The number of aryl methyl sites for hydroxylation is 1. The maximum atomic E-state index is 12.0. The number of nitrogens with one attached hydrogen (secondary N) is 2. The number of thiocarbonyl (C=S) groups is 1. The van der Waals surface area contributed by atoms with Gasteiger partial charge in [-0.3, -0.25) is 9.78 Å². The topological polar surface area (TPSA) is 79.6 Å². The third-order valence-electron chi connectivity index (χ3n) is 6.01. The molecule has 2 N–H and O–H groups in total. The van der Waals surface area contributed by atoms with Gasteiger partial charge in [0.25, 0.3) is 0 Å². The van der Waals surface area contributed by atoms with Crippen molar-refractivity contribution in [3.8, 4) is 0 Å². The summed E-state index contributed by atoms with van der Waals surface area (Å²) in [6.07, 6.45) is 1.76. The van der Waals surface area contributed by atoms with Crippen LogP contribution in [0.2, 0.25) is 5.02 Å². The van der Waals surface area contributed by atoms with Gasteiger partial charge in [-0.25, -0.2) is 0 Å². The van der Waals surface area contributed by atoms with Gasteiger partial charge in [0, 0.05) is 23.9 Å². The first-order chi connectivity index (χ1) is 18.4. The Kier molecular flexibility index (Phi) is 7.99. The number of benzene rings is 2. The molecule has 1 saturated heterocycles. The molecule has 10 heteroatoms. The van der Waals surface area contributed by atoms with Crippen molar-refractivity contribution in [2.75, 3.05) is 23.9 Å². The van der Waals surface area contributed by atoms with Gasteiger partial charge in [-0.15, -0.1) is 0 Å². The van der Waals surface area contributed by atoms with Crippen molar-refractivity contribution in [1.82, 2.24) is 10.3 Å². The van der Waals surface area contributed by atoms with Crippen molar-refractivity contribution in [1.29, 1.82) is 0 Å². The fourth-order valence-corrected chi connectivity index (χ4v) is 5.61. The van der Waals surface area contributed by atoms with Crippen LogP contribution in [-0.4, -0.2) is 29.7 Å². The highest BCUT2D eigenvalue weighted by molar-refractivity contribution is 7.99. The first-order valence-electron chi connectivity index (χ1n) is 11.9. The van der Waals surface area contributed by atoms with E-state index >= 15 is 0 Å². The third-order valence-corrected chi connectivity index (χ3v) is 7.57. The maximum Gasteiger partial charge on any atom is 0.250 e. The number of anilines is 2. The highest BCUT2D eigenvalue weighted by atomic mass is 35.5. The van der Waals surface area contributed by atoms with Crippen LogP contribution >= 0.6 is 35.6 Å². The molecule has 0 radical (unpaired) electrons. The lowest BCUT2D eigenvalue weighted by Crippen LogP contribution is -2.29. The summed E-state index contributed by atoms with van der Waals surface area (Å²) in [5.74, 6) is 0.444. The Morgan fingerprint density at radius 1 is 1.18 bits per heavy atom. The van der Waals surface area contributed by atoms with Crippen molar-refractivity contribution < 1.29 is 13.9 Å². The first kappa shape index (κ1) is 26.2. The Balaban J connectivity index is 1.48. The zero-order chi connectivity index (χ0) is 26.6. The lowest BCUT2D eigenvalue weighted by molar-refractivity contribution is -0.119. The smallest absolute Gasteiger partial charge is 0.250 e. The van der Waals surface area contributed by atoms with E-state index in [0.717, 1.165) is 27.1 Å². The molecular formula is C28H25ClN4O3S2. The van der Waals surface area contributed by atoms with Gasteiger partial charge < -0.3 is 24.7 Å². The van der Waals surface area contributed by atoms with Crippen LogP contribution in [-0.2, 0) is 9.53 Å². The van der Waals surface area contributed by atoms with E-state index in [-0.39, 0.29) is 24.6 Å². The van der Waals surface area contributed by atoms with Crippen LogP contribution in [0.3, 0.4) is 0 Å². The average molecular weight is 565 g/mol. The zero-order valence-electron chi connectivity index (χ0n) is 20.7. The van der Waals surface area contributed by atoms with Crippen LogP contribution in [0.1, 0.15) is 29.1 Å². The summed E-state index contributed by atoms with van der Waals surface area (Å²) in [6.45, 7) is 2.00. The van der Waals surface area contributed by atoms with Crippen molar-refractivity contribution in [3.05, 3.63) is 101 Å². The van der Waals surface area contributed by atoms with Gasteiger partial charge in [0.1, 0.15) is 18.4 Å². The molecule has 3 heterocycles. The third kappa shape index (κ3) is 5.71. The number of furan rings is 1. The first-order valence-corrected chi connectivity index (χ1v) is 13.5. The summed E-state index contributed by atoms with van der Waals surface area (Å²) in [5.41, 5.74) is 3.28. The van der Waals surface area contributed by atoms with E-state index in [0.29, 0.717) is 15.8 Å². The molecule has 2 aromatic carbocycles. The quantitative estimate of drug-likeness (QED) is 0.233. The number of nitrogens with zero attached hydrogens (tertiary/aromatic N) is 2. The molecule has 0 unspecified atom stereocenters. The Bertz CT molecular complexity index is 1450. The Labute approximate surface area is 235 Å². The Morgan fingerprint density at radius 3 is 2.71 bits per heavy atom. The number of hydrogen-bond acceptors (Lipinski definition) is 6. The fourth-order valence-electron chi connectivity index (χ4n) is 4.27. The molecule has 0 saturated carbocycles. The van der Waals surface area contributed by atoms with E-state index in [9.17, 15) is 4.79 Å². The van der Waals surface area contributed by atoms with Crippen LogP contribution in [0.4, 0.5) is 11.4 Å². The number of rotatable bonds is 8. The zero-order valence-corrected chi connectivity index (χ0v) is 23.1. The van der Waals surface area contributed by atoms with Crippen LogP contribution < -0.4 is 15.5 Å². The van der Waals surface area contributed by atoms with Gasteiger partial charge in [0.15, 0.2) is 10.2 Å². The second-order valence-electron chi connectivity index (χ2n) is 8.71. The minimum absolute atomic E-state index is 0.0620. The van der Waals surface area contributed by atoms with Crippen LogP contribution in [0.5, 0.6) is 0 Å². The normalized spacial score (nSPS) is 16.9. The van der Waals surface area contributed by atoms with E-state index in [4.69, 9.17) is 33.0 Å². The number of halogens is 1. The summed E-state index contributed by atoms with van der Waals surface area (Å²) in [4.78, 5) is 19.6. The molecule has 194 valence electrons. The van der Waals surface area contributed by atoms with Crippen molar-refractivity contribution in [2.24, 2.45) is 0 Å². The highest BCUT2D eigenvalue weighted by Crippen LogP contribution is 2.44. The lowest BCUT2D eigenvalue weighted by atomic mass is 10.0. The van der Waals surface area contributed by atoms with Crippen molar-refractivity contribution in [3.63, 3.8) is 0 Å². The van der Waals surface area contributed by atoms with Gasteiger partial charge >= 0.3 is 0 Å². The number of carbonyl (C=O) groups excluding carboxylic acids is 1. The number of ether oxygens (including phenoxy) is 1. The van der Waals surface area contributed by atoms with Crippen LogP contribution in [0, 0.1) is 6.92 Å². The molecule has 0 spiro atoms. The summed E-state index contributed by atoms with van der Waals surface area (Å²) in [6, 6.07) is 22.8. The number of amides is 1. The number of hydrogen-bond donors (Lipinski definition) is 2. The largest absolute Gasteiger partial charge is 0.452 e. The standard InChI is InChI=1S/C28H25ClN4O3S2/c1-17-6-9-19(10-7-17)38-25-13-12-23(36-25)27-26(22-5-3-4-14-30-22)32-28(37)33(27)18-8-11-21(20(29)15-18)31-24(34)16-35-2/h3-15,26-27H,16H2,1-2H3,(H,31,34)(H,32,37)/t26-,27-/m0/s1. The molecule has 0 bridgehead atoms. The lowest BCUT2D eigenvalue weighted by Gasteiger charge is -2.26. The van der Waals surface area contributed by atoms with Crippen molar-refractivity contribution in [2.45, 2.75) is 29.0 Å². The van der Waals surface area contributed by atoms with Gasteiger partial charge in [-0.1, -0.05) is 47.1 Å². The molecule has 2 atom stereocenters. The summed E-state index contributed by atoms with van der Waals surface area (Å²) in [5, 5.41) is 7.84. The number of carbonyl (C=O) groups is 1. The molecule has 5 rings (SSSR count). The molecule has 7 nitrogen and oxygen atoms in total. The number of pyridine rings is 1. The minimum atomic E-state index is -0.324. The van der Waals surface area contributed by atoms with Gasteiger partial charge in [-0.2, -0.15) is 0 Å². The van der Waals surface area contributed by atoms with Gasteiger partial charge in [-0.05, 0) is 73.7 Å². The summed E-state index contributed by atoms with van der Waals surface area (Å²) in [7, 11) is 1.46. The molecule has 1 amide bonds. The van der Waals surface area contributed by atoms with Crippen LogP contribution in [0.15, 0.2) is 93.4 Å². The number of methoxy groups -OCH3 is 1. The van der Waals surface area contributed by atoms with E-state index in [1.54, 1.807) is 30.1 Å². The summed E-state index contributed by atoms with van der Waals surface area (Å²) < 4.78 is 11.3. The van der Waals surface area contributed by atoms with Gasteiger partial charge in [0.05, 0.1) is 22.4 Å². The molecule has 4 aromatic rings. The highest BCUT2D eigenvalue weighted by Gasteiger charge is 2.42. The molecule has 1 aliphatic heterocycles.